The zero-order chi connectivity index (χ0) is 26.4. The number of nitrogens with one attached hydrogen (secondary N) is 4. The Morgan fingerprint density at radius 3 is 1.46 bits per heavy atom. The van der Waals surface area contributed by atoms with Crippen LogP contribution in [0, 0.1) is 24.3 Å². The summed E-state index contributed by atoms with van der Waals surface area (Å²) < 4.78 is 0. The highest BCUT2D eigenvalue weighted by Crippen LogP contribution is 2.26. The van der Waals surface area contributed by atoms with Gasteiger partial charge in [0.05, 0.1) is 11.0 Å². The van der Waals surface area contributed by atoms with Crippen molar-refractivity contribution in [3.05, 3.63) is 70.3 Å². The van der Waals surface area contributed by atoms with Gasteiger partial charge in [-0.05, 0) is 51.0 Å². The van der Waals surface area contributed by atoms with Crippen molar-refractivity contribution in [1.82, 2.24) is 9.97 Å². The standard InChI is InChI=1S/C27H34N6O4/c1-18-14-24(22-10-8-20(32(34)35)16-26(22)30-18)28-12-6-4-3-5-7-13-29-25-15-19(2)31-27-17-21(33(36)37)9-11-23(25)27/h8-11,14-17,32-34,36H,3-7,12-13H2,1-2H3,(H,28,30)(H,29,31). The average Bonchev–Trinajstić information content (AvgIpc) is 2.86. The summed E-state index contributed by atoms with van der Waals surface area (Å²) in [6.45, 7) is 5.51. The van der Waals surface area contributed by atoms with Crippen molar-refractivity contribution in [1.29, 1.82) is 0 Å². The molecule has 2 atom stereocenters. The van der Waals surface area contributed by atoms with E-state index in [2.05, 4.69) is 20.6 Å². The molecule has 10 heteroatoms. The van der Waals surface area contributed by atoms with E-state index in [1.807, 2.05) is 38.1 Å². The van der Waals surface area contributed by atoms with Crippen LogP contribution in [0.5, 0.6) is 0 Å². The minimum atomic E-state index is -0.950. The first kappa shape index (κ1) is 26.7. The number of aryl methyl sites for hydroxylation is 2. The number of pyridine rings is 2. The Bertz CT molecular complexity index is 1260. The molecule has 37 heavy (non-hydrogen) atoms. The van der Waals surface area contributed by atoms with Crippen molar-refractivity contribution >= 4 is 44.6 Å². The van der Waals surface area contributed by atoms with Crippen molar-refractivity contribution in [3.8, 4) is 0 Å². The van der Waals surface area contributed by atoms with E-state index >= 15 is 0 Å². The lowest BCUT2D eigenvalue weighted by Gasteiger charge is -2.14. The zero-order valence-corrected chi connectivity index (χ0v) is 21.2. The molecule has 0 aliphatic carbocycles. The number of nitrogens with zero attached hydrogens (tertiary/aromatic N) is 2. The molecular weight excluding hydrogens is 472 g/mol. The minimum absolute atomic E-state index is 0.241. The van der Waals surface area contributed by atoms with E-state index in [9.17, 15) is 20.8 Å². The van der Waals surface area contributed by atoms with Gasteiger partial charge >= 0.3 is 0 Å². The van der Waals surface area contributed by atoms with Gasteiger partial charge in [0, 0.05) is 70.9 Å². The first-order valence-corrected chi connectivity index (χ1v) is 12.6. The van der Waals surface area contributed by atoms with Crippen LogP contribution in [0.4, 0.5) is 22.7 Å². The molecule has 0 amide bonds. The molecule has 2 unspecified atom stereocenters. The molecule has 0 spiro atoms. The van der Waals surface area contributed by atoms with Crippen molar-refractivity contribution in [3.63, 3.8) is 0 Å². The summed E-state index contributed by atoms with van der Waals surface area (Å²) in [5.41, 5.74) is 5.53. The molecule has 10 nitrogen and oxygen atoms in total. The van der Waals surface area contributed by atoms with Crippen LogP contribution in [-0.4, -0.2) is 33.5 Å². The minimum Gasteiger partial charge on any atom is -0.595 e. The molecule has 0 aliphatic rings. The predicted molar refractivity (Wildman–Crippen MR) is 145 cm³/mol. The van der Waals surface area contributed by atoms with Crippen LogP contribution < -0.4 is 21.1 Å². The Hall–Kier alpha value is -3.38. The summed E-state index contributed by atoms with van der Waals surface area (Å²) in [6.07, 6.45) is 5.47. The van der Waals surface area contributed by atoms with Gasteiger partial charge in [-0.2, -0.15) is 10.5 Å². The largest absolute Gasteiger partial charge is 0.595 e. The first-order valence-electron chi connectivity index (χ1n) is 12.6. The number of hydrogen-bond acceptors (Lipinski definition) is 8. The van der Waals surface area contributed by atoms with Gasteiger partial charge in [0.2, 0.25) is 0 Å². The SMILES string of the molecule is Cc1cc(NCCCCCCCNc2cc(C)nc3cc([NH+]([O-])O)ccc23)c2ccc([NH+]([O-])O)cc2n1. The highest BCUT2D eigenvalue weighted by molar-refractivity contribution is 5.93. The number of aromatic nitrogens is 2. The van der Waals surface area contributed by atoms with E-state index in [0.29, 0.717) is 11.0 Å². The smallest absolute Gasteiger partial charge is 0.165 e. The molecule has 2 aromatic carbocycles. The van der Waals surface area contributed by atoms with Crippen LogP contribution >= 0.6 is 0 Å². The Kier molecular flexibility index (Phi) is 8.82. The summed E-state index contributed by atoms with van der Waals surface area (Å²) in [7, 11) is 0. The van der Waals surface area contributed by atoms with Crippen LogP contribution in [0.3, 0.4) is 0 Å². The second kappa shape index (κ2) is 12.2. The molecule has 196 valence electrons. The van der Waals surface area contributed by atoms with Gasteiger partial charge in [-0.15, -0.1) is 0 Å². The Morgan fingerprint density at radius 2 is 1.05 bits per heavy atom. The quantitative estimate of drug-likeness (QED) is 0.126. The second-order valence-corrected chi connectivity index (χ2v) is 9.32. The monoisotopic (exact) mass is 506 g/mol. The van der Waals surface area contributed by atoms with Crippen molar-refractivity contribution in [2.45, 2.75) is 46.0 Å². The van der Waals surface area contributed by atoms with Crippen LogP contribution in [0.25, 0.3) is 21.8 Å². The number of rotatable bonds is 12. The van der Waals surface area contributed by atoms with E-state index in [1.54, 1.807) is 24.3 Å². The maximum Gasteiger partial charge on any atom is 0.165 e. The summed E-state index contributed by atoms with van der Waals surface area (Å²) in [4.78, 5) is 8.97. The molecule has 0 aliphatic heterocycles. The fourth-order valence-corrected chi connectivity index (χ4v) is 4.51. The summed E-state index contributed by atoms with van der Waals surface area (Å²) >= 11 is 0. The molecule has 0 bridgehead atoms. The van der Waals surface area contributed by atoms with Gasteiger partial charge in [0.25, 0.3) is 0 Å². The second-order valence-electron chi connectivity index (χ2n) is 9.32. The third kappa shape index (κ3) is 6.89. The van der Waals surface area contributed by atoms with E-state index in [1.165, 1.54) is 0 Å². The van der Waals surface area contributed by atoms with E-state index in [0.717, 1.165) is 78.7 Å². The lowest BCUT2D eigenvalue weighted by Crippen LogP contribution is -2.99. The van der Waals surface area contributed by atoms with Crippen molar-refractivity contribution in [2.24, 2.45) is 0 Å². The highest BCUT2D eigenvalue weighted by Gasteiger charge is 2.09. The van der Waals surface area contributed by atoms with Crippen molar-refractivity contribution < 1.29 is 20.9 Å². The Morgan fingerprint density at radius 1 is 0.649 bits per heavy atom. The number of quaternary nitrogens is 2. The van der Waals surface area contributed by atoms with Gasteiger partial charge in [-0.1, -0.05) is 19.3 Å². The highest BCUT2D eigenvalue weighted by atomic mass is 16.8. The van der Waals surface area contributed by atoms with Crippen LogP contribution in [0.1, 0.15) is 43.5 Å². The molecule has 0 radical (unpaired) electrons. The van der Waals surface area contributed by atoms with Gasteiger partial charge in [-0.25, -0.2) is 10.4 Å². The number of anilines is 2. The normalized spacial score (nSPS) is 13.1. The van der Waals surface area contributed by atoms with Crippen LogP contribution in [-0.2, 0) is 0 Å². The third-order valence-electron chi connectivity index (χ3n) is 6.35. The van der Waals surface area contributed by atoms with Gasteiger partial charge < -0.3 is 21.0 Å². The molecular formula is C27H34N6O4. The van der Waals surface area contributed by atoms with Gasteiger partial charge in [0.1, 0.15) is 0 Å². The number of unbranched alkanes of at least 4 members (excludes halogenated alkanes) is 4. The molecule has 4 aromatic rings. The Labute approximate surface area is 215 Å². The third-order valence-corrected chi connectivity index (χ3v) is 6.35. The maximum atomic E-state index is 11.3. The molecule has 2 heterocycles. The van der Waals surface area contributed by atoms with Crippen LogP contribution in [0.15, 0.2) is 48.5 Å². The zero-order valence-electron chi connectivity index (χ0n) is 21.2. The van der Waals surface area contributed by atoms with E-state index in [4.69, 9.17) is 0 Å². The average molecular weight is 507 g/mol. The molecule has 0 saturated heterocycles. The molecule has 0 fully saturated rings. The predicted octanol–water partition coefficient (Wildman–Crippen LogP) is 3.68. The fourth-order valence-electron chi connectivity index (χ4n) is 4.51. The van der Waals surface area contributed by atoms with E-state index < -0.39 is 10.5 Å². The lowest BCUT2D eigenvalue weighted by atomic mass is 10.1. The number of hydrogen-bond donors (Lipinski definition) is 6. The molecule has 4 rings (SSSR count). The van der Waals surface area contributed by atoms with Gasteiger partial charge in [0.15, 0.2) is 11.4 Å². The summed E-state index contributed by atoms with van der Waals surface area (Å²) in [5.74, 6) is 0. The van der Waals surface area contributed by atoms with Gasteiger partial charge in [-0.3, -0.25) is 9.97 Å². The molecule has 6 N–H and O–H groups in total. The van der Waals surface area contributed by atoms with Crippen molar-refractivity contribution in [2.75, 3.05) is 23.7 Å². The molecule has 2 aromatic heterocycles. The fraction of sp³-hybridized carbons (Fsp3) is 0.333. The number of benzene rings is 2. The number of fused-ring (bicyclic) bond motifs is 2. The lowest BCUT2D eigenvalue weighted by molar-refractivity contribution is -0.991. The molecule has 0 saturated carbocycles. The van der Waals surface area contributed by atoms with E-state index in [-0.39, 0.29) is 11.4 Å². The Balaban J connectivity index is 1.20. The first-order chi connectivity index (χ1) is 17.8. The topological polar surface area (TPSA) is 145 Å². The summed E-state index contributed by atoms with van der Waals surface area (Å²) in [6, 6.07) is 14.1. The maximum absolute atomic E-state index is 11.3. The van der Waals surface area contributed by atoms with Crippen LogP contribution in [0.2, 0.25) is 0 Å². The summed E-state index contributed by atoms with van der Waals surface area (Å²) in [5, 5.41) is 47.9.